The number of ether oxygens (including phenoxy) is 2. The number of hydrogen-bond acceptors (Lipinski definition) is 6. The molecule has 0 spiro atoms. The Balaban J connectivity index is 1.55. The third kappa shape index (κ3) is 5.14. The van der Waals surface area contributed by atoms with E-state index in [2.05, 4.69) is 21.3 Å². The summed E-state index contributed by atoms with van der Waals surface area (Å²) in [7, 11) is 3.32. The standard InChI is InChI=1S/C26H30N4O3/c1-18-21(26(31)29-20-11-5-4-6-12-20)16-27-25(28-18)22-13-7-8-15-30(22)17-19-10-9-14-23(32-2)24(19)33-3/h4-6,9-12,14,16,22H,7-8,13,15,17H2,1-3H3,(H,29,31)/t22-/m1/s1. The molecule has 7 nitrogen and oxygen atoms in total. The van der Waals surface area contributed by atoms with Gasteiger partial charge in [0.05, 0.1) is 31.5 Å². The van der Waals surface area contributed by atoms with Crippen molar-refractivity contribution in [1.29, 1.82) is 0 Å². The topological polar surface area (TPSA) is 76.6 Å². The SMILES string of the molecule is COc1cccc(CN2CCCC[C@@H]2c2ncc(C(=O)Nc3ccccc3)c(C)n2)c1OC. The van der Waals surface area contributed by atoms with Crippen LogP contribution in [-0.2, 0) is 6.54 Å². The summed E-state index contributed by atoms with van der Waals surface area (Å²) in [4.78, 5) is 24.5. The first-order chi connectivity index (χ1) is 16.1. The van der Waals surface area contributed by atoms with Gasteiger partial charge in [-0.15, -0.1) is 0 Å². The minimum atomic E-state index is -0.202. The second kappa shape index (κ2) is 10.4. The van der Waals surface area contributed by atoms with E-state index < -0.39 is 0 Å². The molecule has 3 aromatic rings. The van der Waals surface area contributed by atoms with E-state index in [0.29, 0.717) is 17.8 Å². The number of para-hydroxylation sites is 2. The fourth-order valence-corrected chi connectivity index (χ4v) is 4.36. The number of carbonyl (C=O) groups excluding carboxylic acids is 1. The molecule has 1 aliphatic heterocycles. The second-order valence-corrected chi connectivity index (χ2v) is 8.18. The van der Waals surface area contributed by atoms with E-state index >= 15 is 0 Å². The van der Waals surface area contributed by atoms with Crippen LogP contribution in [0.2, 0.25) is 0 Å². The van der Waals surface area contributed by atoms with Crippen LogP contribution in [-0.4, -0.2) is 41.5 Å². The lowest BCUT2D eigenvalue weighted by atomic mass is 9.99. The Kier molecular flexibility index (Phi) is 7.19. The predicted molar refractivity (Wildman–Crippen MR) is 128 cm³/mol. The van der Waals surface area contributed by atoms with E-state index in [9.17, 15) is 4.79 Å². The van der Waals surface area contributed by atoms with Crippen LogP contribution in [0.5, 0.6) is 11.5 Å². The minimum absolute atomic E-state index is 0.0830. The van der Waals surface area contributed by atoms with Crippen molar-refractivity contribution >= 4 is 11.6 Å². The van der Waals surface area contributed by atoms with E-state index in [4.69, 9.17) is 14.5 Å². The number of amides is 1. The van der Waals surface area contributed by atoms with Crippen molar-refractivity contribution < 1.29 is 14.3 Å². The average molecular weight is 447 g/mol. The highest BCUT2D eigenvalue weighted by Gasteiger charge is 2.28. The molecule has 2 aromatic carbocycles. The minimum Gasteiger partial charge on any atom is -0.493 e. The summed E-state index contributed by atoms with van der Waals surface area (Å²) >= 11 is 0. The van der Waals surface area contributed by atoms with Crippen LogP contribution in [0.25, 0.3) is 0 Å². The van der Waals surface area contributed by atoms with Gasteiger partial charge in [0, 0.05) is 24.0 Å². The third-order valence-corrected chi connectivity index (χ3v) is 6.04. The van der Waals surface area contributed by atoms with Crippen LogP contribution in [0.4, 0.5) is 5.69 Å². The van der Waals surface area contributed by atoms with Crippen molar-refractivity contribution in [2.24, 2.45) is 0 Å². The Hall–Kier alpha value is -3.45. The number of hydrogen-bond donors (Lipinski definition) is 1. The predicted octanol–water partition coefficient (Wildman–Crippen LogP) is 4.78. The molecular formula is C26H30N4O3. The van der Waals surface area contributed by atoms with E-state index in [-0.39, 0.29) is 11.9 Å². The Bertz CT molecular complexity index is 1100. The van der Waals surface area contributed by atoms with Crippen LogP contribution in [0, 0.1) is 6.92 Å². The van der Waals surface area contributed by atoms with E-state index in [1.807, 2.05) is 49.4 Å². The number of anilines is 1. The van der Waals surface area contributed by atoms with Crippen molar-refractivity contribution in [3.63, 3.8) is 0 Å². The molecule has 1 saturated heterocycles. The van der Waals surface area contributed by atoms with Gasteiger partial charge in [0.15, 0.2) is 11.5 Å². The van der Waals surface area contributed by atoms with Crippen LogP contribution in [0.1, 0.15) is 52.7 Å². The number of methoxy groups -OCH3 is 2. The molecule has 2 heterocycles. The number of aryl methyl sites for hydroxylation is 1. The fourth-order valence-electron chi connectivity index (χ4n) is 4.36. The average Bonchev–Trinajstić information content (AvgIpc) is 2.84. The molecule has 33 heavy (non-hydrogen) atoms. The van der Waals surface area contributed by atoms with Crippen LogP contribution < -0.4 is 14.8 Å². The maximum absolute atomic E-state index is 12.7. The second-order valence-electron chi connectivity index (χ2n) is 8.18. The summed E-state index contributed by atoms with van der Waals surface area (Å²) in [6.45, 7) is 3.52. The summed E-state index contributed by atoms with van der Waals surface area (Å²) in [5.74, 6) is 2.04. The molecule has 1 aliphatic rings. The molecule has 0 saturated carbocycles. The molecule has 1 aromatic heterocycles. The summed E-state index contributed by atoms with van der Waals surface area (Å²) in [5.41, 5.74) is 2.98. The fraction of sp³-hybridized carbons (Fsp3) is 0.346. The van der Waals surface area contributed by atoms with Crippen LogP contribution >= 0.6 is 0 Å². The Morgan fingerprint density at radius 2 is 1.91 bits per heavy atom. The number of benzene rings is 2. The zero-order chi connectivity index (χ0) is 23.2. The van der Waals surface area contributed by atoms with E-state index in [1.54, 1.807) is 20.4 Å². The van der Waals surface area contributed by atoms with Gasteiger partial charge in [0.25, 0.3) is 5.91 Å². The monoisotopic (exact) mass is 446 g/mol. The van der Waals surface area contributed by atoms with E-state index in [1.165, 1.54) is 0 Å². The van der Waals surface area contributed by atoms with Gasteiger partial charge in [-0.05, 0) is 44.5 Å². The smallest absolute Gasteiger partial charge is 0.259 e. The number of likely N-dealkylation sites (tertiary alicyclic amines) is 1. The summed E-state index contributed by atoms with van der Waals surface area (Å²) < 4.78 is 11.1. The largest absolute Gasteiger partial charge is 0.493 e. The zero-order valence-corrected chi connectivity index (χ0v) is 19.4. The summed E-state index contributed by atoms with van der Waals surface area (Å²) in [6.07, 6.45) is 4.87. The molecular weight excluding hydrogens is 416 g/mol. The van der Waals surface area contributed by atoms with Gasteiger partial charge in [0.1, 0.15) is 5.82 Å². The number of nitrogens with zero attached hydrogens (tertiary/aromatic N) is 3. The number of aromatic nitrogens is 2. The van der Waals surface area contributed by atoms with Gasteiger partial charge in [-0.25, -0.2) is 9.97 Å². The molecule has 4 rings (SSSR count). The molecule has 0 aliphatic carbocycles. The Morgan fingerprint density at radius 1 is 1.09 bits per heavy atom. The van der Waals surface area contributed by atoms with Crippen molar-refractivity contribution in [1.82, 2.24) is 14.9 Å². The highest BCUT2D eigenvalue weighted by atomic mass is 16.5. The summed E-state index contributed by atoms with van der Waals surface area (Å²) in [6, 6.07) is 15.4. The maximum Gasteiger partial charge on any atom is 0.259 e. The van der Waals surface area contributed by atoms with Crippen molar-refractivity contribution in [2.45, 2.75) is 38.8 Å². The molecule has 1 fully saturated rings. The van der Waals surface area contributed by atoms with Crippen LogP contribution in [0.3, 0.4) is 0 Å². The number of rotatable bonds is 7. The molecule has 0 radical (unpaired) electrons. The highest BCUT2D eigenvalue weighted by Crippen LogP contribution is 2.35. The molecule has 172 valence electrons. The lowest BCUT2D eigenvalue weighted by molar-refractivity contribution is 0.102. The molecule has 1 atom stereocenters. The Morgan fingerprint density at radius 3 is 2.64 bits per heavy atom. The van der Waals surface area contributed by atoms with Gasteiger partial charge in [-0.2, -0.15) is 0 Å². The van der Waals surface area contributed by atoms with Gasteiger partial charge >= 0.3 is 0 Å². The van der Waals surface area contributed by atoms with Gasteiger partial charge < -0.3 is 14.8 Å². The first kappa shape index (κ1) is 22.7. The maximum atomic E-state index is 12.7. The quantitative estimate of drug-likeness (QED) is 0.563. The molecule has 0 bridgehead atoms. The highest BCUT2D eigenvalue weighted by molar-refractivity contribution is 6.04. The third-order valence-electron chi connectivity index (χ3n) is 6.04. The normalized spacial score (nSPS) is 16.3. The Labute approximate surface area is 194 Å². The van der Waals surface area contributed by atoms with Gasteiger partial charge in [-0.1, -0.05) is 36.8 Å². The number of piperidine rings is 1. The van der Waals surface area contributed by atoms with Crippen molar-refractivity contribution in [2.75, 3.05) is 26.1 Å². The lowest BCUT2D eigenvalue weighted by Crippen LogP contribution is -2.34. The van der Waals surface area contributed by atoms with Gasteiger partial charge in [0.2, 0.25) is 0 Å². The molecule has 1 N–H and O–H groups in total. The molecule has 1 amide bonds. The van der Waals surface area contributed by atoms with Crippen LogP contribution in [0.15, 0.2) is 54.7 Å². The molecule has 0 unspecified atom stereocenters. The zero-order valence-electron chi connectivity index (χ0n) is 19.4. The summed E-state index contributed by atoms with van der Waals surface area (Å²) in [5, 5.41) is 2.91. The lowest BCUT2D eigenvalue weighted by Gasteiger charge is -2.35. The first-order valence-corrected chi connectivity index (χ1v) is 11.2. The number of carbonyl (C=O) groups is 1. The van der Waals surface area contributed by atoms with E-state index in [0.717, 1.165) is 54.4 Å². The first-order valence-electron chi connectivity index (χ1n) is 11.2. The van der Waals surface area contributed by atoms with Gasteiger partial charge in [-0.3, -0.25) is 9.69 Å². The van der Waals surface area contributed by atoms with Crippen molar-refractivity contribution in [3.8, 4) is 11.5 Å². The van der Waals surface area contributed by atoms with Crippen molar-refractivity contribution in [3.05, 3.63) is 77.4 Å². The number of nitrogens with one attached hydrogen (secondary N) is 1. The molecule has 7 heteroatoms.